The molecule has 0 fully saturated rings. The number of primary amides is 1. The van der Waals surface area contributed by atoms with Crippen molar-refractivity contribution in [3.63, 3.8) is 0 Å². The van der Waals surface area contributed by atoms with Gasteiger partial charge in [0.05, 0.1) is 0 Å². The maximum atomic E-state index is 14.3. The predicted octanol–water partition coefficient (Wildman–Crippen LogP) is 4.78. The number of carbonyl (C=O) groups excluding carboxylic acids is 4. The number of carbonyl (C=O) groups is 4. The number of ether oxygens (including phenoxy) is 1. The van der Waals surface area contributed by atoms with Gasteiger partial charge in [-0.1, -0.05) is 43.3 Å². The summed E-state index contributed by atoms with van der Waals surface area (Å²) in [6, 6.07) is 7.61. The van der Waals surface area contributed by atoms with E-state index in [0.29, 0.717) is 17.7 Å². The molecule has 3 atom stereocenters. The molecule has 0 aromatic heterocycles. The minimum Gasteiger partial charge on any atom is -0.507 e. The first kappa shape index (κ1) is 33.1. The maximum Gasteiger partial charge on any atom is 0.408 e. The number of amides is 4. The number of aryl methyl sites for hydroxylation is 3. The van der Waals surface area contributed by atoms with Crippen molar-refractivity contribution in [1.29, 1.82) is 0 Å². The van der Waals surface area contributed by atoms with E-state index in [4.69, 9.17) is 10.5 Å². The van der Waals surface area contributed by atoms with Gasteiger partial charge in [0.25, 0.3) is 5.91 Å². The van der Waals surface area contributed by atoms with Crippen molar-refractivity contribution in [2.45, 2.75) is 98.4 Å². The molecule has 2 rings (SSSR count). The third kappa shape index (κ3) is 8.96. The Labute approximate surface area is 242 Å². The van der Waals surface area contributed by atoms with Gasteiger partial charge in [-0.15, -0.1) is 0 Å². The molecule has 0 spiro atoms. The number of aromatic hydroxyl groups is 1. The Balaban J connectivity index is 2.68. The summed E-state index contributed by atoms with van der Waals surface area (Å²) in [5.74, 6) is -1.93. The van der Waals surface area contributed by atoms with Crippen LogP contribution in [0.2, 0.25) is 0 Å². The number of para-hydroxylation sites is 2. The average Bonchev–Trinajstić information content (AvgIpc) is 2.87. The maximum absolute atomic E-state index is 14.3. The fourth-order valence-corrected chi connectivity index (χ4v) is 4.49. The summed E-state index contributed by atoms with van der Waals surface area (Å²) in [5.41, 5.74) is 7.57. The van der Waals surface area contributed by atoms with Crippen LogP contribution in [0.3, 0.4) is 0 Å². The van der Waals surface area contributed by atoms with Crippen molar-refractivity contribution in [1.82, 2.24) is 10.2 Å². The molecule has 0 aliphatic heterocycles. The van der Waals surface area contributed by atoms with Gasteiger partial charge in [0.1, 0.15) is 23.4 Å². The smallest absolute Gasteiger partial charge is 0.408 e. The van der Waals surface area contributed by atoms with E-state index in [9.17, 15) is 24.3 Å². The molecule has 0 aliphatic carbocycles. The largest absolute Gasteiger partial charge is 0.507 e. The Morgan fingerprint density at radius 3 is 2.10 bits per heavy atom. The van der Waals surface area contributed by atoms with E-state index in [-0.39, 0.29) is 24.2 Å². The van der Waals surface area contributed by atoms with Crippen molar-refractivity contribution >= 4 is 29.5 Å². The highest BCUT2D eigenvalue weighted by Gasteiger charge is 2.40. The average molecular weight is 569 g/mol. The number of hydrogen-bond donors (Lipinski definition) is 4. The lowest BCUT2D eigenvalue weighted by Crippen LogP contribution is -2.55. The van der Waals surface area contributed by atoms with Crippen molar-refractivity contribution in [2.24, 2.45) is 5.73 Å². The lowest BCUT2D eigenvalue weighted by molar-refractivity contribution is -0.143. The molecular formula is C31H44N4O6. The van der Waals surface area contributed by atoms with Crippen LogP contribution >= 0.6 is 0 Å². The number of phenols is 1. The van der Waals surface area contributed by atoms with Gasteiger partial charge in [0.15, 0.2) is 0 Å². The standard InChI is InChI=1S/C31H44N4O6/c1-9-21(5)35(29(39)23(16-17-24(32)36)33-30(40)41-31(6,7)8)26(22-15-11-14-20(4)27(22)37)28(38)34-25-18(2)12-10-13-19(25)3/h10-15,21,23,26,37H,9,16-17H2,1-8H3,(H2,32,36)(H,33,40)(H,34,38). The summed E-state index contributed by atoms with van der Waals surface area (Å²) in [7, 11) is 0. The molecule has 3 unspecified atom stereocenters. The molecule has 5 N–H and O–H groups in total. The molecule has 0 bridgehead atoms. The molecule has 0 saturated carbocycles. The number of phenolic OH excluding ortho intramolecular Hbond substituents is 1. The summed E-state index contributed by atoms with van der Waals surface area (Å²) in [5, 5.41) is 16.6. The van der Waals surface area contributed by atoms with Gasteiger partial charge in [-0.2, -0.15) is 0 Å². The van der Waals surface area contributed by atoms with Gasteiger partial charge in [0.2, 0.25) is 11.8 Å². The molecule has 2 aromatic carbocycles. The van der Waals surface area contributed by atoms with Crippen molar-refractivity contribution in [3.05, 3.63) is 58.7 Å². The number of nitrogens with zero attached hydrogens (tertiary/aromatic N) is 1. The van der Waals surface area contributed by atoms with Gasteiger partial charge in [-0.3, -0.25) is 14.4 Å². The third-order valence-electron chi connectivity index (χ3n) is 6.81. The second-order valence-corrected chi connectivity index (χ2v) is 11.4. The number of nitrogens with two attached hydrogens (primary N) is 1. The monoisotopic (exact) mass is 568 g/mol. The number of nitrogens with one attached hydrogen (secondary N) is 2. The van der Waals surface area contributed by atoms with Gasteiger partial charge in [-0.05, 0) is 78.0 Å². The summed E-state index contributed by atoms with van der Waals surface area (Å²) in [6.45, 7) is 14.1. The summed E-state index contributed by atoms with van der Waals surface area (Å²) >= 11 is 0. The van der Waals surface area contributed by atoms with Crippen LogP contribution in [0, 0.1) is 20.8 Å². The van der Waals surface area contributed by atoms with Crippen LogP contribution in [-0.2, 0) is 19.1 Å². The number of rotatable bonds is 11. The zero-order chi connectivity index (χ0) is 31.1. The van der Waals surface area contributed by atoms with Crippen LogP contribution in [0.4, 0.5) is 10.5 Å². The molecule has 41 heavy (non-hydrogen) atoms. The molecular weight excluding hydrogens is 524 g/mol. The van der Waals surface area contributed by atoms with Crippen molar-refractivity contribution in [3.8, 4) is 5.75 Å². The normalized spacial score (nSPS) is 13.5. The second kappa shape index (κ2) is 14.0. The van der Waals surface area contributed by atoms with Crippen LogP contribution in [0.15, 0.2) is 36.4 Å². The van der Waals surface area contributed by atoms with Crippen LogP contribution in [0.1, 0.15) is 82.2 Å². The summed E-state index contributed by atoms with van der Waals surface area (Å²) in [6.07, 6.45) is -0.680. The Morgan fingerprint density at radius 1 is 1.00 bits per heavy atom. The molecule has 224 valence electrons. The molecule has 0 aliphatic rings. The first-order valence-electron chi connectivity index (χ1n) is 13.8. The van der Waals surface area contributed by atoms with Crippen molar-refractivity contribution in [2.75, 3.05) is 5.32 Å². The molecule has 0 heterocycles. The summed E-state index contributed by atoms with van der Waals surface area (Å²) in [4.78, 5) is 54.2. The molecule has 10 nitrogen and oxygen atoms in total. The molecule has 2 aromatic rings. The fourth-order valence-electron chi connectivity index (χ4n) is 4.49. The number of benzene rings is 2. The Bertz CT molecular complexity index is 1250. The minimum absolute atomic E-state index is 0.106. The fraction of sp³-hybridized carbons (Fsp3) is 0.484. The zero-order valence-corrected chi connectivity index (χ0v) is 25.3. The summed E-state index contributed by atoms with van der Waals surface area (Å²) < 4.78 is 5.37. The van der Waals surface area contributed by atoms with Gasteiger partial charge >= 0.3 is 6.09 Å². The first-order valence-corrected chi connectivity index (χ1v) is 13.8. The van der Waals surface area contributed by atoms with E-state index in [1.54, 1.807) is 52.8 Å². The van der Waals surface area contributed by atoms with Crippen LogP contribution in [0.25, 0.3) is 0 Å². The van der Waals surface area contributed by atoms with E-state index in [1.165, 1.54) is 4.90 Å². The zero-order valence-electron chi connectivity index (χ0n) is 25.3. The Morgan fingerprint density at radius 2 is 1.56 bits per heavy atom. The highest BCUT2D eigenvalue weighted by atomic mass is 16.6. The predicted molar refractivity (Wildman–Crippen MR) is 158 cm³/mol. The SMILES string of the molecule is CCC(C)N(C(=O)C(CCC(N)=O)NC(=O)OC(C)(C)C)C(C(=O)Nc1c(C)cccc1C)c1cccc(C)c1O. The van der Waals surface area contributed by atoms with Crippen molar-refractivity contribution < 1.29 is 29.0 Å². The number of anilines is 1. The number of alkyl carbamates (subject to hydrolysis) is 1. The van der Waals surface area contributed by atoms with E-state index in [2.05, 4.69) is 10.6 Å². The molecule has 4 amide bonds. The van der Waals surface area contributed by atoms with Crippen LogP contribution < -0.4 is 16.4 Å². The highest BCUT2D eigenvalue weighted by Crippen LogP contribution is 2.35. The van der Waals surface area contributed by atoms with Gasteiger partial charge < -0.3 is 31.1 Å². The Hall–Kier alpha value is -4.08. The van der Waals surface area contributed by atoms with E-state index < -0.39 is 47.5 Å². The Kier molecular flexibility index (Phi) is 11.3. The van der Waals surface area contributed by atoms with Crippen LogP contribution in [-0.4, -0.2) is 51.5 Å². The lowest BCUT2D eigenvalue weighted by Gasteiger charge is -2.38. The van der Waals surface area contributed by atoms with E-state index in [0.717, 1.165) is 11.1 Å². The lowest BCUT2D eigenvalue weighted by atomic mass is 9.96. The van der Waals surface area contributed by atoms with E-state index >= 15 is 0 Å². The van der Waals surface area contributed by atoms with Crippen LogP contribution in [0.5, 0.6) is 5.75 Å². The molecule has 0 saturated heterocycles. The quantitative estimate of drug-likeness (QED) is 0.306. The highest BCUT2D eigenvalue weighted by molar-refractivity contribution is 6.00. The molecule has 0 radical (unpaired) electrons. The third-order valence-corrected chi connectivity index (χ3v) is 6.81. The van der Waals surface area contributed by atoms with E-state index in [1.807, 2.05) is 39.0 Å². The van der Waals surface area contributed by atoms with Gasteiger partial charge in [0, 0.05) is 23.7 Å². The topological polar surface area (TPSA) is 151 Å². The minimum atomic E-state index is -1.27. The second-order valence-electron chi connectivity index (χ2n) is 11.4. The van der Waals surface area contributed by atoms with Gasteiger partial charge in [-0.25, -0.2) is 4.79 Å². The first-order chi connectivity index (χ1) is 19.1. The molecule has 10 heteroatoms. The number of hydrogen-bond acceptors (Lipinski definition) is 6.